The summed E-state index contributed by atoms with van der Waals surface area (Å²) in [7, 11) is -0.471. The van der Waals surface area contributed by atoms with Crippen LogP contribution in [0.2, 0.25) is 0 Å². The van der Waals surface area contributed by atoms with E-state index in [-0.39, 0.29) is 6.04 Å². The lowest BCUT2D eigenvalue weighted by molar-refractivity contribution is -0.192. The second kappa shape index (κ2) is 10.4. The highest BCUT2D eigenvalue weighted by Gasteiger charge is 2.38. The summed E-state index contributed by atoms with van der Waals surface area (Å²) in [5.74, 6) is -2.76. The lowest BCUT2D eigenvalue weighted by Gasteiger charge is -2.37. The zero-order valence-electron chi connectivity index (χ0n) is 18.4. The number of carboxylic acid groups (broad SMARTS) is 1. The highest BCUT2D eigenvalue weighted by atomic mass is 32.2. The van der Waals surface area contributed by atoms with Gasteiger partial charge in [-0.2, -0.15) is 26.7 Å². The fourth-order valence-electron chi connectivity index (χ4n) is 2.85. The molecule has 11 nitrogen and oxygen atoms in total. The van der Waals surface area contributed by atoms with E-state index in [1.54, 1.807) is 34.0 Å². The number of aromatic nitrogens is 2. The van der Waals surface area contributed by atoms with Gasteiger partial charge in [-0.15, -0.1) is 0 Å². The number of aliphatic carboxylic acids is 1. The van der Waals surface area contributed by atoms with E-state index >= 15 is 0 Å². The maximum absolute atomic E-state index is 12.9. The third kappa shape index (κ3) is 8.90. The van der Waals surface area contributed by atoms with Crippen molar-refractivity contribution in [3.63, 3.8) is 0 Å². The number of aryl methyl sites for hydroxylation is 1. The predicted molar refractivity (Wildman–Crippen MR) is 108 cm³/mol. The normalized spacial score (nSPS) is 17.7. The molecule has 0 bridgehead atoms. The van der Waals surface area contributed by atoms with Gasteiger partial charge in [-0.25, -0.2) is 18.6 Å². The number of amides is 1. The molecular weight excluding hydrogens is 459 g/mol. The van der Waals surface area contributed by atoms with E-state index < -0.39 is 34.0 Å². The van der Waals surface area contributed by atoms with Crippen LogP contribution in [-0.4, -0.2) is 78.2 Å². The van der Waals surface area contributed by atoms with Crippen molar-refractivity contribution in [2.24, 2.45) is 7.05 Å². The highest BCUT2D eigenvalue weighted by molar-refractivity contribution is 7.91. The molecule has 1 aliphatic heterocycles. The van der Waals surface area contributed by atoms with Gasteiger partial charge >= 0.3 is 28.4 Å². The van der Waals surface area contributed by atoms with E-state index in [2.05, 4.69) is 10.00 Å². The van der Waals surface area contributed by atoms with Crippen LogP contribution in [0, 0.1) is 0 Å². The van der Waals surface area contributed by atoms with Gasteiger partial charge in [-0.05, 0) is 47.2 Å². The second-order valence-corrected chi connectivity index (χ2v) is 9.69. The van der Waals surface area contributed by atoms with Crippen LogP contribution in [-0.2, 0) is 26.8 Å². The molecule has 0 aromatic carbocycles. The number of rotatable bonds is 4. The smallest absolute Gasteiger partial charge is 0.475 e. The molecule has 1 amide bonds. The van der Waals surface area contributed by atoms with Crippen LogP contribution in [0.3, 0.4) is 0 Å². The first-order valence-corrected chi connectivity index (χ1v) is 10.9. The summed E-state index contributed by atoms with van der Waals surface area (Å²) in [6, 6.07) is -0.289. The van der Waals surface area contributed by atoms with Crippen molar-refractivity contribution in [2.45, 2.75) is 51.4 Å². The van der Waals surface area contributed by atoms with Crippen LogP contribution >= 0.6 is 0 Å². The first-order valence-electron chi connectivity index (χ1n) is 9.45. The van der Waals surface area contributed by atoms with Gasteiger partial charge in [0.25, 0.3) is 0 Å². The molecule has 32 heavy (non-hydrogen) atoms. The number of likely N-dealkylation sites (tertiary alicyclic amines) is 1. The molecule has 1 fully saturated rings. The van der Waals surface area contributed by atoms with Crippen molar-refractivity contribution in [1.82, 2.24) is 19.4 Å². The largest absolute Gasteiger partial charge is 0.490 e. The van der Waals surface area contributed by atoms with E-state index in [4.69, 9.17) is 14.6 Å². The van der Waals surface area contributed by atoms with Crippen LogP contribution in [0.1, 0.15) is 33.6 Å². The average molecular weight is 488 g/mol. The standard InChI is InChI=1S/C15H27N5O4S.C2HF3O2/c1-15(2,3)24-14(21)17-25(22,23)20(13-9-16-19(5)11-13)12-7-6-8-18(4)10-12;3-2(4,5)1(6)7/h9,11-12H,6-8,10H2,1-5H3,(H,17,21);(H,6,7). The molecule has 0 saturated carbocycles. The third-order valence-electron chi connectivity index (χ3n) is 3.99. The van der Waals surface area contributed by atoms with Gasteiger partial charge in [0.1, 0.15) is 5.60 Å². The Morgan fingerprint density at radius 3 is 2.25 bits per heavy atom. The number of carboxylic acids is 1. The molecule has 0 spiro atoms. The average Bonchev–Trinajstić information content (AvgIpc) is 2.97. The summed E-state index contributed by atoms with van der Waals surface area (Å²) >= 11 is 0. The molecule has 1 atom stereocenters. The maximum atomic E-state index is 12.9. The molecular formula is C17H28F3N5O6S. The minimum Gasteiger partial charge on any atom is -0.475 e. The monoisotopic (exact) mass is 487 g/mol. The first-order chi connectivity index (χ1) is 14.4. The van der Waals surface area contributed by atoms with Gasteiger partial charge < -0.3 is 14.7 Å². The Hall–Kier alpha value is -2.55. The molecule has 2 rings (SSSR count). The van der Waals surface area contributed by atoms with Gasteiger partial charge in [0.2, 0.25) is 0 Å². The number of halogens is 3. The van der Waals surface area contributed by atoms with Crippen LogP contribution in [0.25, 0.3) is 0 Å². The van der Waals surface area contributed by atoms with E-state index in [0.717, 1.165) is 13.0 Å². The molecule has 2 N–H and O–H groups in total. The molecule has 2 heterocycles. The van der Waals surface area contributed by atoms with E-state index in [0.29, 0.717) is 18.7 Å². The van der Waals surface area contributed by atoms with Crippen LogP contribution in [0.5, 0.6) is 0 Å². The number of alkyl halides is 3. The third-order valence-corrected chi connectivity index (χ3v) is 5.44. The zero-order chi connectivity index (χ0) is 24.9. The summed E-state index contributed by atoms with van der Waals surface area (Å²) in [6.07, 6.45) is -1.41. The first kappa shape index (κ1) is 27.5. The number of anilines is 1. The number of piperidine rings is 1. The molecule has 1 saturated heterocycles. The summed E-state index contributed by atoms with van der Waals surface area (Å²) in [5.41, 5.74) is -0.372. The van der Waals surface area contributed by atoms with Crippen molar-refractivity contribution in [3.05, 3.63) is 12.4 Å². The molecule has 15 heteroatoms. The predicted octanol–water partition coefficient (Wildman–Crippen LogP) is 1.72. The number of nitrogens with one attached hydrogen (secondary N) is 1. The fourth-order valence-corrected chi connectivity index (χ4v) is 4.14. The number of hydrogen-bond acceptors (Lipinski definition) is 7. The number of likely N-dealkylation sites (N-methyl/N-ethyl adjacent to an activating group) is 1. The number of carbonyl (C=O) groups excluding carboxylic acids is 1. The Kier molecular flexibility index (Phi) is 8.91. The lowest BCUT2D eigenvalue weighted by Crippen LogP contribution is -2.54. The minimum atomic E-state index is -5.08. The molecule has 184 valence electrons. The van der Waals surface area contributed by atoms with Gasteiger partial charge in [0.05, 0.1) is 17.9 Å². The topological polar surface area (TPSA) is 134 Å². The molecule has 0 aliphatic carbocycles. The van der Waals surface area contributed by atoms with Gasteiger partial charge in [0, 0.05) is 19.8 Å². The molecule has 1 unspecified atom stereocenters. The Morgan fingerprint density at radius 2 is 1.84 bits per heavy atom. The number of nitrogens with zero attached hydrogens (tertiary/aromatic N) is 4. The van der Waals surface area contributed by atoms with Crippen molar-refractivity contribution >= 4 is 28.0 Å². The van der Waals surface area contributed by atoms with Crippen molar-refractivity contribution in [3.8, 4) is 0 Å². The summed E-state index contributed by atoms with van der Waals surface area (Å²) < 4.78 is 67.4. The Balaban J connectivity index is 0.000000633. The Labute approximate surface area is 184 Å². The lowest BCUT2D eigenvalue weighted by atomic mass is 10.1. The van der Waals surface area contributed by atoms with E-state index in [1.165, 1.54) is 15.2 Å². The molecule has 1 aliphatic rings. The van der Waals surface area contributed by atoms with Crippen molar-refractivity contribution in [1.29, 1.82) is 0 Å². The van der Waals surface area contributed by atoms with E-state index in [9.17, 15) is 26.4 Å². The zero-order valence-corrected chi connectivity index (χ0v) is 19.2. The number of hydrogen-bond donors (Lipinski definition) is 2. The SMILES string of the molecule is CN1CCCC(N(c2cnn(C)c2)S(=O)(=O)NC(=O)OC(C)(C)C)C1.O=C(O)C(F)(F)F. The summed E-state index contributed by atoms with van der Waals surface area (Å²) in [5, 5.41) is 11.2. The number of carbonyl (C=O) groups is 2. The summed E-state index contributed by atoms with van der Waals surface area (Å²) in [6.45, 7) is 6.51. The highest BCUT2D eigenvalue weighted by Crippen LogP contribution is 2.25. The number of ether oxygens (including phenoxy) is 1. The van der Waals surface area contributed by atoms with Gasteiger partial charge in [-0.1, -0.05) is 0 Å². The van der Waals surface area contributed by atoms with Gasteiger partial charge in [-0.3, -0.25) is 4.68 Å². The minimum absolute atomic E-state index is 0.289. The van der Waals surface area contributed by atoms with Crippen LogP contribution < -0.4 is 9.03 Å². The maximum Gasteiger partial charge on any atom is 0.490 e. The molecule has 1 aromatic rings. The Bertz CT molecular complexity index is 897. The van der Waals surface area contributed by atoms with Gasteiger partial charge in [0.15, 0.2) is 0 Å². The second-order valence-electron chi connectivity index (χ2n) is 8.14. The van der Waals surface area contributed by atoms with E-state index in [1.807, 2.05) is 11.8 Å². The molecule has 1 aromatic heterocycles. The summed E-state index contributed by atoms with van der Waals surface area (Å²) in [4.78, 5) is 23.0. The van der Waals surface area contributed by atoms with Crippen molar-refractivity contribution in [2.75, 3.05) is 24.4 Å². The van der Waals surface area contributed by atoms with Crippen LogP contribution in [0.4, 0.5) is 23.7 Å². The van der Waals surface area contributed by atoms with Crippen molar-refractivity contribution < 1.29 is 41.0 Å². The molecule has 0 radical (unpaired) electrons. The van der Waals surface area contributed by atoms with Crippen LogP contribution in [0.15, 0.2) is 12.4 Å². The Morgan fingerprint density at radius 1 is 1.28 bits per heavy atom. The fraction of sp³-hybridized carbons (Fsp3) is 0.706. The quantitative estimate of drug-likeness (QED) is 0.656.